The van der Waals surface area contributed by atoms with Gasteiger partial charge in [-0.2, -0.15) is 33.7 Å². The second-order valence-electron chi connectivity index (χ2n) is 21.1. The summed E-state index contributed by atoms with van der Waals surface area (Å²) < 4.78 is 270. The normalized spacial score (nSPS) is 13.2. The van der Waals surface area contributed by atoms with E-state index in [0.717, 1.165) is 36.4 Å². The Labute approximate surface area is 502 Å². The Kier molecular flexibility index (Phi) is 17.3. The molecule has 460 valence electrons. The molecule has 0 saturated heterocycles. The summed E-state index contributed by atoms with van der Waals surface area (Å²) in [6.45, 7) is 9.74. The third-order valence-electron chi connectivity index (χ3n) is 13.0. The zero-order chi connectivity index (χ0) is 64.5. The summed E-state index contributed by atoms with van der Waals surface area (Å²) in [5.41, 5.74) is -1.57. The minimum absolute atomic E-state index is 0.114. The SMILES string of the molecule is CC(C)(C)c1ccc(S(=O)(=O)c2ccc(-c3ccc(S(=O)(=O)c4ccc(S(=O)(=O)c5ccc(Oc6ccc(Oc7ccc(Oc8ccc(S(=O)(=O)C(C)(C)C)cc8)cc7)cc6)cc5)cc4S(=O)(=O)O)c(S(=O)(=O)O)c3)cc2S(=O)(=O)O)c(S(=O)(=O)O)c1. The molecule has 0 radical (unpaired) electrons. The molecule has 0 aromatic heterocycles. The van der Waals surface area contributed by atoms with Crippen molar-refractivity contribution in [3.63, 3.8) is 0 Å². The van der Waals surface area contributed by atoms with E-state index in [-0.39, 0.29) is 28.0 Å². The maximum absolute atomic E-state index is 14.3. The van der Waals surface area contributed by atoms with Gasteiger partial charge in [0, 0.05) is 0 Å². The Hall–Kier alpha value is -7.40. The molecule has 8 rings (SSSR count). The van der Waals surface area contributed by atoms with Crippen molar-refractivity contribution < 1.29 is 99.8 Å². The summed E-state index contributed by atoms with van der Waals surface area (Å²) in [5.74, 6) is 2.08. The molecule has 0 spiro atoms. The Balaban J connectivity index is 1.01. The van der Waals surface area contributed by atoms with Crippen molar-refractivity contribution in [1.29, 1.82) is 0 Å². The minimum Gasteiger partial charge on any atom is -0.457 e. The molecule has 0 aliphatic rings. The first-order valence-electron chi connectivity index (χ1n) is 24.8. The summed E-state index contributed by atoms with van der Waals surface area (Å²) in [7, 11) is -41.6. The highest BCUT2D eigenvalue weighted by Crippen LogP contribution is 2.40. The average Bonchev–Trinajstić information content (AvgIpc) is 0.818. The number of ether oxygens (including phenoxy) is 3. The molecule has 23 nitrogen and oxygen atoms in total. The van der Waals surface area contributed by atoms with E-state index >= 15 is 0 Å². The van der Waals surface area contributed by atoms with Crippen molar-refractivity contribution >= 4 is 79.8 Å². The first kappa shape index (κ1) is 65.6. The lowest BCUT2D eigenvalue weighted by Gasteiger charge is -2.21. The molecule has 87 heavy (non-hydrogen) atoms. The molecule has 31 heteroatoms. The van der Waals surface area contributed by atoms with Crippen molar-refractivity contribution in [3.8, 4) is 45.6 Å². The Morgan fingerprint density at radius 2 is 0.540 bits per heavy atom. The number of hydrogen-bond acceptors (Lipinski definition) is 19. The van der Waals surface area contributed by atoms with Crippen LogP contribution >= 0.6 is 0 Å². The van der Waals surface area contributed by atoms with Crippen LogP contribution in [0.25, 0.3) is 11.1 Å². The highest BCUT2D eigenvalue weighted by molar-refractivity contribution is 7.95. The molecule has 0 bridgehead atoms. The summed E-state index contributed by atoms with van der Waals surface area (Å²) in [6, 6.07) is 31.2. The van der Waals surface area contributed by atoms with E-state index in [2.05, 4.69) is 0 Å². The van der Waals surface area contributed by atoms with Crippen molar-refractivity contribution in [1.82, 2.24) is 0 Å². The summed E-state index contributed by atoms with van der Waals surface area (Å²) in [6.07, 6.45) is 0. The quantitative estimate of drug-likeness (QED) is 0.0580. The highest BCUT2D eigenvalue weighted by atomic mass is 32.2. The maximum atomic E-state index is 14.3. The first-order valence-corrected chi connectivity index (χ1v) is 36.5. The van der Waals surface area contributed by atoms with Gasteiger partial charge >= 0.3 is 0 Å². The largest absolute Gasteiger partial charge is 0.457 e. The van der Waals surface area contributed by atoms with Gasteiger partial charge in [-0.3, -0.25) is 18.2 Å². The Morgan fingerprint density at radius 1 is 0.276 bits per heavy atom. The van der Waals surface area contributed by atoms with Gasteiger partial charge in [-0.15, -0.1) is 0 Å². The molecule has 0 atom stereocenters. The van der Waals surface area contributed by atoms with Crippen molar-refractivity contribution in [2.45, 2.75) is 106 Å². The van der Waals surface area contributed by atoms with E-state index in [1.807, 2.05) is 0 Å². The monoisotopic (exact) mass is 1350 g/mol. The molecule has 8 aromatic carbocycles. The van der Waals surface area contributed by atoms with Gasteiger partial charge in [-0.05, 0) is 195 Å². The predicted octanol–water partition coefficient (Wildman–Crippen LogP) is 10.1. The number of sulfone groups is 4. The van der Waals surface area contributed by atoms with Gasteiger partial charge in [-0.1, -0.05) is 39.0 Å². The highest BCUT2D eigenvalue weighted by Gasteiger charge is 2.37. The van der Waals surface area contributed by atoms with Crippen molar-refractivity contribution in [2.24, 2.45) is 0 Å². The van der Waals surface area contributed by atoms with Gasteiger partial charge in [0.25, 0.3) is 40.5 Å². The number of benzene rings is 8. The second-order valence-corrected chi connectivity index (χ2v) is 35.0. The fraction of sp³-hybridized carbons (Fsp3) is 0.143. The molecule has 0 unspecified atom stereocenters. The van der Waals surface area contributed by atoms with Gasteiger partial charge in [-0.25, -0.2) is 33.7 Å². The van der Waals surface area contributed by atoms with Crippen LogP contribution in [-0.2, 0) is 85.2 Å². The minimum atomic E-state index is -5.73. The number of hydrogen-bond donors (Lipinski definition) is 4. The van der Waals surface area contributed by atoms with Crippen molar-refractivity contribution in [2.75, 3.05) is 0 Å². The smallest absolute Gasteiger partial charge is 0.295 e. The Bertz CT molecular complexity index is 5020. The fourth-order valence-corrected chi connectivity index (χ4v) is 18.7. The summed E-state index contributed by atoms with van der Waals surface area (Å²) in [4.78, 5) is -12.0. The van der Waals surface area contributed by atoms with Crippen LogP contribution in [0.1, 0.15) is 47.1 Å². The van der Waals surface area contributed by atoms with E-state index < -0.39 is 150 Å². The third-order valence-corrected chi connectivity index (χ3v) is 25.1. The van der Waals surface area contributed by atoms with Gasteiger partial charge in [0.2, 0.25) is 29.5 Å². The van der Waals surface area contributed by atoms with Crippen LogP contribution in [0, 0.1) is 0 Å². The van der Waals surface area contributed by atoms with Crippen LogP contribution in [0.4, 0.5) is 0 Å². The first-order chi connectivity index (χ1) is 39.9. The van der Waals surface area contributed by atoms with Crippen LogP contribution in [0.3, 0.4) is 0 Å². The third kappa shape index (κ3) is 14.0. The Morgan fingerprint density at radius 3 is 0.851 bits per heavy atom. The van der Waals surface area contributed by atoms with Gasteiger partial charge < -0.3 is 14.2 Å². The van der Waals surface area contributed by atoms with Crippen LogP contribution in [-0.4, -0.2) is 90.3 Å². The maximum Gasteiger partial charge on any atom is 0.295 e. The summed E-state index contributed by atoms with van der Waals surface area (Å²) >= 11 is 0. The lowest BCUT2D eigenvalue weighted by atomic mass is 9.87. The number of rotatable bonds is 18. The van der Waals surface area contributed by atoms with E-state index in [0.29, 0.717) is 59.4 Å². The van der Waals surface area contributed by atoms with Crippen LogP contribution < -0.4 is 14.2 Å². The van der Waals surface area contributed by atoms with Crippen LogP contribution in [0.2, 0.25) is 0 Å². The lowest BCUT2D eigenvalue weighted by Crippen LogP contribution is -2.27. The van der Waals surface area contributed by atoms with Crippen LogP contribution in [0.15, 0.2) is 224 Å². The van der Waals surface area contributed by atoms with E-state index in [1.165, 1.54) is 30.3 Å². The van der Waals surface area contributed by atoms with E-state index in [4.69, 9.17) is 14.2 Å². The predicted molar refractivity (Wildman–Crippen MR) is 312 cm³/mol. The summed E-state index contributed by atoms with van der Waals surface area (Å²) in [5, 5.41) is 0. The zero-order valence-corrected chi connectivity index (χ0v) is 52.5. The average molecular weight is 1350 g/mol. The molecular formula is C56H50O23S8. The van der Waals surface area contributed by atoms with E-state index in [1.54, 1.807) is 102 Å². The standard InChI is InChI=1S/C56H50O23S8/c1-55(2,3)37-9-29-49(53(33-37)86(71,72)73)81(59,60)47-27-7-35(31-51(47)84(65,66)67)36-8-28-48(52(32-36)85(68,69)70)82(61,62)50-30-26-46(34-54(50)87(74,75)76)80(57,58)44-22-18-42(19-23-44)78-40-14-10-38(11-15-40)77-39-12-16-41(17-13-39)79-43-20-24-45(25-21-43)83(63,64)56(4,5)6/h7-34H,1-6H3,(H,65,66,67)(H,68,69,70)(H,71,72,73)(H,74,75,76). The van der Waals surface area contributed by atoms with Gasteiger partial charge in [0.15, 0.2) is 9.84 Å². The molecule has 0 saturated carbocycles. The second kappa shape index (κ2) is 23.0. The fourth-order valence-electron chi connectivity index (χ4n) is 8.36. The van der Waals surface area contributed by atoms with E-state index in [9.17, 15) is 85.6 Å². The molecule has 4 N–H and O–H groups in total. The molecule has 0 amide bonds. The van der Waals surface area contributed by atoms with Gasteiger partial charge in [0.1, 0.15) is 54.1 Å². The molecule has 0 fully saturated rings. The molecule has 0 aliphatic carbocycles. The molecule has 0 heterocycles. The zero-order valence-electron chi connectivity index (χ0n) is 46.0. The molecular weight excluding hydrogens is 1300 g/mol. The van der Waals surface area contributed by atoms with Crippen LogP contribution in [0.5, 0.6) is 34.5 Å². The molecule has 8 aromatic rings. The van der Waals surface area contributed by atoms with Crippen molar-refractivity contribution in [3.05, 3.63) is 175 Å². The molecule has 0 aliphatic heterocycles. The van der Waals surface area contributed by atoms with Gasteiger partial charge in [0.05, 0.1) is 39.0 Å². The lowest BCUT2D eigenvalue weighted by molar-refractivity contribution is 0.464. The topological polar surface area (TPSA) is 382 Å².